The Morgan fingerprint density at radius 2 is 1.81 bits per heavy atom. The van der Waals surface area contributed by atoms with Crippen LogP contribution in [0.3, 0.4) is 0 Å². The fourth-order valence-electron chi connectivity index (χ4n) is 1.65. The molecule has 0 saturated carbocycles. The van der Waals surface area contributed by atoms with E-state index >= 15 is 0 Å². The molecule has 0 aliphatic rings. The molecule has 0 bridgehead atoms. The normalized spacial score (nSPS) is 10.8. The summed E-state index contributed by atoms with van der Waals surface area (Å²) in [7, 11) is -3.89. The van der Waals surface area contributed by atoms with Crippen LogP contribution >= 0.6 is 0 Å². The molecule has 0 atom stereocenters. The molecule has 0 aromatic heterocycles. The van der Waals surface area contributed by atoms with Crippen molar-refractivity contribution in [2.45, 2.75) is 44.4 Å². The quantitative estimate of drug-likeness (QED) is 0.242. The third-order valence-corrected chi connectivity index (χ3v) is 4.02. The summed E-state index contributed by atoms with van der Waals surface area (Å²) in [6.07, 6.45) is 2.95. The molecule has 1 aromatic carbocycles. The monoisotopic (exact) mass is 323 g/mol. The van der Waals surface area contributed by atoms with Crippen LogP contribution in [0, 0.1) is 0 Å². The zero-order chi connectivity index (χ0) is 15.0. The molecule has 0 spiro atoms. The molecule has 113 valence electrons. The summed E-state index contributed by atoms with van der Waals surface area (Å²) in [5.74, 6) is -0.417. The maximum atomic E-state index is 11.9. The summed E-state index contributed by atoms with van der Waals surface area (Å²) in [6.45, 7) is 3.65. The topological polar surface area (TPSA) is 69.7 Å². The van der Waals surface area contributed by atoms with Crippen LogP contribution in [0.4, 0.5) is 0 Å². The molecule has 0 unspecified atom stereocenters. The molecule has 21 heavy (non-hydrogen) atoms. The Morgan fingerprint density at radius 1 is 1.14 bits per heavy atom. The van der Waals surface area contributed by atoms with Crippen LogP contribution in [0.5, 0.6) is 5.75 Å². The first-order valence-corrected chi connectivity index (χ1v) is 8.11. The van der Waals surface area contributed by atoms with E-state index in [0.717, 1.165) is 19.3 Å². The van der Waals surface area contributed by atoms with E-state index in [1.807, 2.05) is 6.92 Å². The van der Waals surface area contributed by atoms with Crippen LogP contribution in [0.25, 0.3) is 0 Å². The molecule has 0 saturated heterocycles. The van der Waals surface area contributed by atoms with Crippen molar-refractivity contribution in [2.75, 3.05) is 6.61 Å². The number of esters is 1. The van der Waals surface area contributed by atoms with Gasteiger partial charge in [0.2, 0.25) is 0 Å². The van der Waals surface area contributed by atoms with Crippen molar-refractivity contribution in [2.24, 2.45) is 0 Å². The summed E-state index contributed by atoms with van der Waals surface area (Å²) in [5, 5.41) is 0. The van der Waals surface area contributed by atoms with Gasteiger partial charge in [0.05, 0.1) is 6.61 Å². The molecule has 1 rings (SSSR count). The van der Waals surface area contributed by atoms with Crippen LogP contribution in [0.1, 0.15) is 39.5 Å². The van der Waals surface area contributed by atoms with Gasteiger partial charge in [0.15, 0.2) is 5.75 Å². The molecule has 0 heterocycles. The van der Waals surface area contributed by atoms with Gasteiger partial charge in [0.1, 0.15) is 4.90 Å². The third-order valence-electron chi connectivity index (χ3n) is 2.60. The van der Waals surface area contributed by atoms with Gasteiger partial charge in [-0.15, -0.1) is 0 Å². The molecule has 1 radical (unpaired) electrons. The minimum Gasteiger partial charge on any atom is -0.425 e. The van der Waals surface area contributed by atoms with Crippen molar-refractivity contribution in [3.63, 3.8) is 0 Å². The maximum Gasteiger partial charge on any atom is 0.311 e. The van der Waals surface area contributed by atoms with Crippen molar-refractivity contribution in [1.82, 2.24) is 0 Å². The van der Waals surface area contributed by atoms with Crippen LogP contribution in [0.15, 0.2) is 29.2 Å². The van der Waals surface area contributed by atoms with E-state index in [9.17, 15) is 13.2 Å². The second kappa shape index (κ2) is 10.3. The molecule has 0 aliphatic heterocycles. The summed E-state index contributed by atoms with van der Waals surface area (Å²) >= 11 is 0. The Kier molecular flexibility index (Phi) is 10.1. The maximum absolute atomic E-state index is 11.9. The van der Waals surface area contributed by atoms with E-state index in [4.69, 9.17) is 8.92 Å². The molecule has 0 N–H and O–H groups in total. The largest absolute Gasteiger partial charge is 0.425 e. The predicted molar refractivity (Wildman–Crippen MR) is 80.8 cm³/mol. The SMILES string of the molecule is CCCCCC(=O)Oc1ccccc1S(=O)(=O)OCC.[Na]. The fourth-order valence-corrected chi connectivity index (χ4v) is 2.69. The molecular formula is C14H20NaO5S. The third kappa shape index (κ3) is 6.93. The number of rotatable bonds is 8. The van der Waals surface area contributed by atoms with Crippen molar-refractivity contribution in [3.05, 3.63) is 24.3 Å². The molecular weight excluding hydrogens is 303 g/mol. The minimum absolute atomic E-state index is 0. The summed E-state index contributed by atoms with van der Waals surface area (Å²) in [5.41, 5.74) is 0. The van der Waals surface area contributed by atoms with E-state index in [-0.39, 0.29) is 53.2 Å². The van der Waals surface area contributed by atoms with Crippen LogP contribution in [-0.2, 0) is 19.1 Å². The summed E-state index contributed by atoms with van der Waals surface area (Å²) in [4.78, 5) is 11.5. The zero-order valence-electron chi connectivity index (χ0n) is 12.8. The van der Waals surface area contributed by atoms with Gasteiger partial charge in [-0.2, -0.15) is 8.42 Å². The zero-order valence-corrected chi connectivity index (χ0v) is 15.6. The van der Waals surface area contributed by atoms with Gasteiger partial charge in [-0.3, -0.25) is 8.98 Å². The van der Waals surface area contributed by atoms with Crippen molar-refractivity contribution in [3.8, 4) is 5.75 Å². The van der Waals surface area contributed by atoms with E-state index in [1.54, 1.807) is 19.1 Å². The first-order valence-electron chi connectivity index (χ1n) is 6.70. The van der Waals surface area contributed by atoms with Crippen molar-refractivity contribution >= 4 is 45.6 Å². The molecule has 0 fully saturated rings. The van der Waals surface area contributed by atoms with Crippen molar-refractivity contribution < 1.29 is 22.1 Å². The smallest absolute Gasteiger partial charge is 0.311 e. The number of carbonyl (C=O) groups excluding carboxylic acids is 1. The number of benzene rings is 1. The van der Waals surface area contributed by atoms with Gasteiger partial charge in [0, 0.05) is 36.0 Å². The van der Waals surface area contributed by atoms with E-state index in [0.29, 0.717) is 0 Å². The molecule has 1 aromatic rings. The summed E-state index contributed by atoms with van der Waals surface area (Å²) in [6, 6.07) is 5.98. The molecule has 0 aliphatic carbocycles. The average Bonchev–Trinajstić information content (AvgIpc) is 2.39. The fraction of sp³-hybridized carbons (Fsp3) is 0.500. The van der Waals surface area contributed by atoms with Crippen LogP contribution < -0.4 is 4.74 Å². The number of hydrogen-bond acceptors (Lipinski definition) is 5. The van der Waals surface area contributed by atoms with Gasteiger partial charge >= 0.3 is 16.1 Å². The Bertz CT molecular complexity index is 542. The standard InChI is InChI=1S/C14H20O5S.Na/c1-3-5-6-11-14(15)19-12-9-7-8-10-13(12)20(16,17)18-4-2;/h7-10H,3-6,11H2,1-2H3;. The van der Waals surface area contributed by atoms with Crippen molar-refractivity contribution in [1.29, 1.82) is 0 Å². The first kappa shape index (κ1) is 20.6. The van der Waals surface area contributed by atoms with Crippen LogP contribution in [-0.4, -0.2) is 50.6 Å². The van der Waals surface area contributed by atoms with E-state index in [1.165, 1.54) is 12.1 Å². The Morgan fingerprint density at radius 3 is 2.43 bits per heavy atom. The molecule has 5 nitrogen and oxygen atoms in total. The number of para-hydroxylation sites is 1. The van der Waals surface area contributed by atoms with Crippen LogP contribution in [0.2, 0.25) is 0 Å². The van der Waals surface area contributed by atoms with Gasteiger partial charge in [-0.25, -0.2) is 0 Å². The average molecular weight is 323 g/mol. The van der Waals surface area contributed by atoms with Gasteiger partial charge in [-0.05, 0) is 25.5 Å². The van der Waals surface area contributed by atoms with Gasteiger partial charge in [0.25, 0.3) is 0 Å². The molecule has 0 amide bonds. The predicted octanol–water partition coefficient (Wildman–Crippen LogP) is 2.52. The van der Waals surface area contributed by atoms with E-state index in [2.05, 4.69) is 0 Å². The Balaban J connectivity index is 0.00000400. The summed E-state index contributed by atoms with van der Waals surface area (Å²) < 4.78 is 33.6. The number of ether oxygens (including phenoxy) is 1. The number of unbranched alkanes of at least 4 members (excludes halogenated alkanes) is 2. The number of hydrogen-bond donors (Lipinski definition) is 0. The molecule has 7 heteroatoms. The Hall–Kier alpha value is -0.400. The first-order chi connectivity index (χ1) is 9.51. The number of carbonyl (C=O) groups is 1. The Labute approximate surface area is 148 Å². The van der Waals surface area contributed by atoms with E-state index < -0.39 is 16.1 Å². The van der Waals surface area contributed by atoms with Gasteiger partial charge in [-0.1, -0.05) is 31.9 Å². The second-order valence-electron chi connectivity index (χ2n) is 4.24. The van der Waals surface area contributed by atoms with Gasteiger partial charge < -0.3 is 4.74 Å². The minimum atomic E-state index is -3.89. The second-order valence-corrected chi connectivity index (χ2v) is 5.82.